The maximum Gasteiger partial charge on any atom is 0.119 e. The predicted octanol–water partition coefficient (Wildman–Crippen LogP) is 1.06. The molecule has 0 radical (unpaired) electrons. The van der Waals surface area contributed by atoms with Crippen molar-refractivity contribution in [2.24, 2.45) is 11.1 Å². The fourth-order valence-electron chi connectivity index (χ4n) is 0.870. The van der Waals surface area contributed by atoms with E-state index in [-0.39, 0.29) is 0 Å². The number of hydrogen-bond acceptors (Lipinski definition) is 4. The number of oxime groups is 1. The summed E-state index contributed by atoms with van der Waals surface area (Å²) in [4.78, 5) is 5.12. The van der Waals surface area contributed by atoms with E-state index in [1.54, 1.807) is 0 Å². The van der Waals surface area contributed by atoms with Crippen LogP contribution in [0.25, 0.3) is 0 Å². The van der Waals surface area contributed by atoms with Gasteiger partial charge in [-0.2, -0.15) is 0 Å². The van der Waals surface area contributed by atoms with Gasteiger partial charge < -0.3 is 14.3 Å². The highest BCUT2D eigenvalue weighted by atomic mass is 16.6. The molecular weight excluding hydrogens is 170 g/mol. The second-order valence-corrected chi connectivity index (χ2v) is 3.45. The lowest BCUT2D eigenvalue weighted by Crippen LogP contribution is -2.12. The van der Waals surface area contributed by atoms with Crippen molar-refractivity contribution in [3.8, 4) is 0 Å². The maximum absolute atomic E-state index is 5.23. The van der Waals surface area contributed by atoms with Gasteiger partial charge in [0.1, 0.15) is 12.3 Å². The average Bonchev–Trinajstić information content (AvgIpc) is 2.32. The summed E-state index contributed by atoms with van der Waals surface area (Å²) in [6.07, 6.45) is 0. The second-order valence-electron chi connectivity index (χ2n) is 3.45. The highest BCUT2D eigenvalue weighted by Gasteiger charge is 2.06. The number of nitrogens with zero attached hydrogens (tertiary/aromatic N) is 1. The molecule has 0 aliphatic carbocycles. The van der Waals surface area contributed by atoms with Crippen LogP contribution in [0.15, 0.2) is 5.16 Å². The molecule has 76 valence electrons. The summed E-state index contributed by atoms with van der Waals surface area (Å²) in [5.74, 6) is 0.497. The monoisotopic (exact) mass is 187 g/mol. The smallest absolute Gasteiger partial charge is 0.119 e. The van der Waals surface area contributed by atoms with Crippen LogP contribution in [0, 0.1) is 5.92 Å². The largest absolute Gasteiger partial charge is 0.395 e. The summed E-state index contributed by atoms with van der Waals surface area (Å²) in [5.41, 5.74) is 0.832. The molecule has 1 heterocycles. The molecule has 4 nitrogen and oxygen atoms in total. The lowest BCUT2D eigenvalue weighted by atomic mass is 10.2. The Hall–Kier alpha value is -0.610. The van der Waals surface area contributed by atoms with Crippen molar-refractivity contribution in [3.63, 3.8) is 0 Å². The van der Waals surface area contributed by atoms with Crippen LogP contribution in [0.2, 0.25) is 0 Å². The molecule has 0 saturated carbocycles. The van der Waals surface area contributed by atoms with Crippen molar-refractivity contribution in [1.29, 1.82) is 0 Å². The Labute approximate surface area is 78.8 Å². The zero-order chi connectivity index (χ0) is 9.52. The van der Waals surface area contributed by atoms with Gasteiger partial charge in [0.15, 0.2) is 0 Å². The normalized spacial score (nSPS) is 18.5. The van der Waals surface area contributed by atoms with Crippen LogP contribution in [0.1, 0.15) is 13.8 Å². The van der Waals surface area contributed by atoms with E-state index in [1.807, 2.05) is 0 Å². The first-order valence-electron chi connectivity index (χ1n) is 4.62. The molecule has 1 fully saturated rings. The van der Waals surface area contributed by atoms with E-state index in [9.17, 15) is 0 Å². The van der Waals surface area contributed by atoms with Gasteiger partial charge >= 0.3 is 0 Å². The van der Waals surface area contributed by atoms with Gasteiger partial charge in [-0.15, -0.1) is 0 Å². The van der Waals surface area contributed by atoms with Crippen LogP contribution < -0.4 is 0 Å². The number of hydrogen-bond donors (Lipinski definition) is 0. The topological polar surface area (TPSA) is 40.0 Å². The SMILES string of the molecule is CC(C)CON=C1COCCOC1. The first kappa shape index (κ1) is 10.5. The van der Waals surface area contributed by atoms with Gasteiger partial charge in [0, 0.05) is 0 Å². The summed E-state index contributed by atoms with van der Waals surface area (Å²) in [7, 11) is 0. The van der Waals surface area contributed by atoms with E-state index in [0.717, 1.165) is 5.71 Å². The van der Waals surface area contributed by atoms with Crippen LogP contribution in [0.5, 0.6) is 0 Å². The fourth-order valence-corrected chi connectivity index (χ4v) is 0.870. The Morgan fingerprint density at radius 2 is 1.92 bits per heavy atom. The number of ether oxygens (including phenoxy) is 2. The van der Waals surface area contributed by atoms with E-state index in [1.165, 1.54) is 0 Å². The molecule has 0 aromatic rings. The summed E-state index contributed by atoms with van der Waals surface area (Å²) in [5, 5.41) is 3.95. The van der Waals surface area contributed by atoms with E-state index in [0.29, 0.717) is 39.0 Å². The fraction of sp³-hybridized carbons (Fsp3) is 0.889. The lowest BCUT2D eigenvalue weighted by molar-refractivity contribution is 0.103. The van der Waals surface area contributed by atoms with Crippen molar-refractivity contribution in [2.45, 2.75) is 13.8 Å². The second kappa shape index (κ2) is 5.94. The Kier molecular flexibility index (Phi) is 4.78. The molecule has 0 bridgehead atoms. The van der Waals surface area contributed by atoms with Crippen molar-refractivity contribution in [2.75, 3.05) is 33.0 Å². The Morgan fingerprint density at radius 1 is 1.31 bits per heavy atom. The van der Waals surface area contributed by atoms with Crippen LogP contribution in [-0.4, -0.2) is 38.7 Å². The van der Waals surface area contributed by atoms with Crippen molar-refractivity contribution < 1.29 is 14.3 Å². The summed E-state index contributed by atoms with van der Waals surface area (Å²) in [6.45, 7) is 7.15. The first-order valence-corrected chi connectivity index (χ1v) is 4.62. The Balaban J connectivity index is 2.22. The highest BCUT2D eigenvalue weighted by molar-refractivity contribution is 5.86. The minimum Gasteiger partial charge on any atom is -0.395 e. The molecule has 0 aromatic carbocycles. The minimum atomic E-state index is 0.497. The molecular formula is C9H17NO3. The third kappa shape index (κ3) is 4.85. The quantitative estimate of drug-likeness (QED) is 0.620. The molecule has 1 aliphatic heterocycles. The molecule has 0 atom stereocenters. The Morgan fingerprint density at radius 3 is 2.46 bits per heavy atom. The molecule has 4 heteroatoms. The standard InChI is InChI=1S/C9H17NO3/c1-8(2)5-13-10-9-6-11-3-4-12-7-9/h8H,3-7H2,1-2H3. The van der Waals surface area contributed by atoms with Gasteiger partial charge in [-0.3, -0.25) is 0 Å². The number of rotatable bonds is 3. The molecule has 0 unspecified atom stereocenters. The van der Waals surface area contributed by atoms with Crippen LogP contribution in [0.3, 0.4) is 0 Å². The molecule has 1 saturated heterocycles. The summed E-state index contributed by atoms with van der Waals surface area (Å²) in [6, 6.07) is 0. The van der Waals surface area contributed by atoms with Gasteiger partial charge in [-0.25, -0.2) is 0 Å². The Bertz CT molecular complexity index is 158. The third-order valence-electron chi connectivity index (χ3n) is 1.51. The highest BCUT2D eigenvalue weighted by Crippen LogP contribution is 1.96. The molecule has 0 spiro atoms. The molecule has 1 aliphatic rings. The first-order chi connectivity index (χ1) is 6.29. The molecule has 0 aromatic heterocycles. The van der Waals surface area contributed by atoms with Crippen molar-refractivity contribution in [3.05, 3.63) is 0 Å². The zero-order valence-corrected chi connectivity index (χ0v) is 8.28. The van der Waals surface area contributed by atoms with Gasteiger partial charge in [0.2, 0.25) is 0 Å². The van der Waals surface area contributed by atoms with Crippen LogP contribution in [0.4, 0.5) is 0 Å². The minimum absolute atomic E-state index is 0.497. The third-order valence-corrected chi connectivity index (χ3v) is 1.51. The predicted molar refractivity (Wildman–Crippen MR) is 49.9 cm³/mol. The van der Waals surface area contributed by atoms with Crippen LogP contribution >= 0.6 is 0 Å². The van der Waals surface area contributed by atoms with Gasteiger partial charge in [-0.05, 0) is 5.92 Å². The maximum atomic E-state index is 5.23. The van der Waals surface area contributed by atoms with E-state index in [2.05, 4.69) is 19.0 Å². The van der Waals surface area contributed by atoms with Gasteiger partial charge in [0.25, 0.3) is 0 Å². The zero-order valence-electron chi connectivity index (χ0n) is 8.28. The summed E-state index contributed by atoms with van der Waals surface area (Å²) < 4.78 is 10.5. The van der Waals surface area contributed by atoms with Gasteiger partial charge in [-0.1, -0.05) is 19.0 Å². The molecule has 1 rings (SSSR count). The average molecular weight is 187 g/mol. The summed E-state index contributed by atoms with van der Waals surface area (Å²) >= 11 is 0. The molecule has 0 N–H and O–H groups in total. The van der Waals surface area contributed by atoms with E-state index >= 15 is 0 Å². The van der Waals surface area contributed by atoms with Crippen LogP contribution in [-0.2, 0) is 14.3 Å². The van der Waals surface area contributed by atoms with Crippen molar-refractivity contribution in [1.82, 2.24) is 0 Å². The van der Waals surface area contributed by atoms with E-state index < -0.39 is 0 Å². The van der Waals surface area contributed by atoms with Crippen molar-refractivity contribution >= 4 is 5.71 Å². The lowest BCUT2D eigenvalue weighted by Gasteiger charge is -2.04. The molecule has 0 amide bonds. The van der Waals surface area contributed by atoms with Gasteiger partial charge in [0.05, 0.1) is 26.4 Å². The van der Waals surface area contributed by atoms with E-state index in [4.69, 9.17) is 14.3 Å². The molecule has 13 heavy (non-hydrogen) atoms.